The lowest BCUT2D eigenvalue weighted by Gasteiger charge is -2.23. The van der Waals surface area contributed by atoms with Gasteiger partial charge in [-0.15, -0.1) is 0 Å². The molecule has 1 saturated heterocycles. The van der Waals surface area contributed by atoms with Gasteiger partial charge >= 0.3 is 0 Å². The molecule has 29 heavy (non-hydrogen) atoms. The van der Waals surface area contributed by atoms with Crippen molar-refractivity contribution in [3.63, 3.8) is 0 Å². The van der Waals surface area contributed by atoms with Crippen molar-refractivity contribution in [2.75, 3.05) is 19.8 Å². The fourth-order valence-corrected chi connectivity index (χ4v) is 5.12. The average Bonchev–Trinajstić information content (AvgIpc) is 3.52. The van der Waals surface area contributed by atoms with Crippen LogP contribution in [0.3, 0.4) is 0 Å². The van der Waals surface area contributed by atoms with Crippen LogP contribution >= 0.6 is 0 Å². The van der Waals surface area contributed by atoms with E-state index < -0.39 is 0 Å². The Morgan fingerprint density at radius 2 is 1.83 bits per heavy atom. The summed E-state index contributed by atoms with van der Waals surface area (Å²) in [6.07, 6.45) is 13.4. The van der Waals surface area contributed by atoms with Gasteiger partial charge < -0.3 is 19.0 Å². The van der Waals surface area contributed by atoms with Crippen molar-refractivity contribution in [1.29, 1.82) is 0 Å². The summed E-state index contributed by atoms with van der Waals surface area (Å²) in [7, 11) is 0. The lowest BCUT2D eigenvalue weighted by Crippen LogP contribution is -2.29. The molecule has 5 nitrogen and oxygen atoms in total. The third kappa shape index (κ3) is 4.40. The Labute approximate surface area is 173 Å². The number of hydrogen-bond acceptors (Lipinski definition) is 5. The van der Waals surface area contributed by atoms with Gasteiger partial charge in [0.25, 0.3) is 0 Å². The van der Waals surface area contributed by atoms with Crippen LogP contribution in [0.15, 0.2) is 23.4 Å². The molecule has 2 aliphatic heterocycles. The van der Waals surface area contributed by atoms with Gasteiger partial charge in [0.05, 0.1) is 31.6 Å². The molecule has 2 heterocycles. The topological polar surface area (TPSA) is 49.3 Å². The van der Waals surface area contributed by atoms with E-state index in [0.717, 1.165) is 61.7 Å². The minimum Gasteiger partial charge on any atom is -0.489 e. The largest absolute Gasteiger partial charge is 0.489 e. The van der Waals surface area contributed by atoms with Gasteiger partial charge in [-0.05, 0) is 62.6 Å². The molecule has 4 aliphatic rings. The summed E-state index contributed by atoms with van der Waals surface area (Å²) in [5, 5.41) is 4.40. The monoisotopic (exact) mass is 399 g/mol. The van der Waals surface area contributed by atoms with Crippen LogP contribution < -0.4 is 9.47 Å². The molecular formula is C24H33NO4. The van der Waals surface area contributed by atoms with Crippen LogP contribution in [0, 0.1) is 5.92 Å². The lowest BCUT2D eigenvalue weighted by atomic mass is 9.90. The molecule has 0 radical (unpaired) electrons. The fourth-order valence-electron chi connectivity index (χ4n) is 5.12. The van der Waals surface area contributed by atoms with Crippen LogP contribution in [0.2, 0.25) is 0 Å². The van der Waals surface area contributed by atoms with Crippen molar-refractivity contribution in [3.8, 4) is 11.5 Å². The van der Waals surface area contributed by atoms with Gasteiger partial charge in [0.2, 0.25) is 0 Å². The minimum atomic E-state index is -0.252. The van der Waals surface area contributed by atoms with Crippen LogP contribution in [-0.4, -0.2) is 37.2 Å². The molecule has 1 atom stereocenters. The van der Waals surface area contributed by atoms with Crippen LogP contribution in [0.25, 0.3) is 0 Å². The summed E-state index contributed by atoms with van der Waals surface area (Å²) >= 11 is 0. The maximum Gasteiger partial charge on any atom is 0.168 e. The van der Waals surface area contributed by atoms with E-state index in [9.17, 15) is 0 Å². The van der Waals surface area contributed by atoms with Gasteiger partial charge in [-0.25, -0.2) is 0 Å². The smallest absolute Gasteiger partial charge is 0.168 e. The van der Waals surface area contributed by atoms with Gasteiger partial charge in [-0.3, -0.25) is 0 Å². The molecule has 0 bridgehead atoms. The Morgan fingerprint density at radius 3 is 2.62 bits per heavy atom. The maximum atomic E-state index is 6.42. The summed E-state index contributed by atoms with van der Waals surface area (Å²) in [5.41, 5.74) is 1.82. The van der Waals surface area contributed by atoms with Crippen molar-refractivity contribution in [2.45, 2.75) is 82.3 Å². The van der Waals surface area contributed by atoms with Crippen molar-refractivity contribution in [1.82, 2.24) is 0 Å². The minimum absolute atomic E-state index is 0.252. The van der Waals surface area contributed by atoms with E-state index in [1.54, 1.807) is 0 Å². The zero-order valence-electron chi connectivity index (χ0n) is 17.4. The van der Waals surface area contributed by atoms with E-state index >= 15 is 0 Å². The summed E-state index contributed by atoms with van der Waals surface area (Å²) in [5.74, 6) is 2.43. The SMILES string of the molecule is c1cc(OCC2CCCCC2)c(OC2CCCC2)cc1C1=NOC2(CCOC2)C1. The molecule has 1 unspecified atom stereocenters. The zero-order chi connectivity index (χ0) is 19.5. The van der Waals surface area contributed by atoms with Crippen molar-refractivity contribution in [2.24, 2.45) is 11.1 Å². The van der Waals surface area contributed by atoms with Gasteiger partial charge in [0.15, 0.2) is 17.1 Å². The molecule has 5 heteroatoms. The van der Waals surface area contributed by atoms with Crippen LogP contribution in [0.5, 0.6) is 11.5 Å². The number of nitrogens with zero attached hydrogens (tertiary/aromatic N) is 1. The highest BCUT2D eigenvalue weighted by Crippen LogP contribution is 2.38. The molecule has 0 N–H and O–H groups in total. The second kappa shape index (κ2) is 8.55. The Morgan fingerprint density at radius 1 is 1.00 bits per heavy atom. The molecule has 158 valence electrons. The second-order valence-corrected chi connectivity index (χ2v) is 9.29. The highest BCUT2D eigenvalue weighted by atomic mass is 16.7. The summed E-state index contributed by atoms with van der Waals surface area (Å²) in [4.78, 5) is 5.79. The fraction of sp³-hybridized carbons (Fsp3) is 0.708. The van der Waals surface area contributed by atoms with Crippen molar-refractivity contribution in [3.05, 3.63) is 23.8 Å². The molecule has 0 amide bonds. The molecule has 1 aromatic rings. The molecule has 2 saturated carbocycles. The Kier molecular flexibility index (Phi) is 5.67. The van der Waals surface area contributed by atoms with E-state index in [1.807, 2.05) is 0 Å². The maximum absolute atomic E-state index is 6.42. The Hall–Kier alpha value is -1.75. The highest BCUT2D eigenvalue weighted by Gasteiger charge is 2.43. The standard InChI is InChI=1S/C24H33NO4/c1-2-6-18(7-3-1)16-27-22-11-10-19(14-23(22)28-20-8-4-5-9-20)21-15-24(29-25-21)12-13-26-17-24/h10-11,14,18,20H,1-9,12-13,15-17H2. The molecule has 3 fully saturated rings. The average molecular weight is 400 g/mol. The molecule has 2 aliphatic carbocycles. The van der Waals surface area contributed by atoms with Gasteiger partial charge in [-0.1, -0.05) is 24.4 Å². The summed E-state index contributed by atoms with van der Waals surface area (Å²) in [6, 6.07) is 6.29. The van der Waals surface area contributed by atoms with Gasteiger partial charge in [0.1, 0.15) is 0 Å². The number of ether oxygens (including phenoxy) is 3. The second-order valence-electron chi connectivity index (χ2n) is 9.29. The van der Waals surface area contributed by atoms with E-state index in [1.165, 1.54) is 44.9 Å². The van der Waals surface area contributed by atoms with Crippen LogP contribution in [-0.2, 0) is 9.57 Å². The van der Waals surface area contributed by atoms with E-state index in [0.29, 0.717) is 18.6 Å². The number of hydrogen-bond donors (Lipinski definition) is 0. The Balaban J connectivity index is 1.32. The molecule has 1 aromatic carbocycles. The van der Waals surface area contributed by atoms with Crippen LogP contribution in [0.1, 0.15) is 76.2 Å². The molecule has 0 aromatic heterocycles. The zero-order valence-corrected chi connectivity index (χ0v) is 17.4. The first kappa shape index (κ1) is 19.2. The number of oxime groups is 1. The first-order valence-corrected chi connectivity index (χ1v) is 11.6. The van der Waals surface area contributed by atoms with E-state index in [4.69, 9.17) is 19.0 Å². The lowest BCUT2D eigenvalue weighted by molar-refractivity contribution is -0.0237. The Bertz CT molecular complexity index is 728. The third-order valence-corrected chi connectivity index (χ3v) is 6.98. The summed E-state index contributed by atoms with van der Waals surface area (Å²) < 4.78 is 18.2. The molecular weight excluding hydrogens is 366 g/mol. The third-order valence-electron chi connectivity index (χ3n) is 6.98. The van der Waals surface area contributed by atoms with Gasteiger partial charge in [-0.2, -0.15) is 0 Å². The van der Waals surface area contributed by atoms with E-state index in [-0.39, 0.29) is 5.60 Å². The van der Waals surface area contributed by atoms with Crippen LogP contribution in [0.4, 0.5) is 0 Å². The number of benzene rings is 1. The first-order chi connectivity index (χ1) is 14.3. The first-order valence-electron chi connectivity index (χ1n) is 11.6. The van der Waals surface area contributed by atoms with E-state index in [2.05, 4.69) is 23.4 Å². The summed E-state index contributed by atoms with van der Waals surface area (Å²) in [6.45, 7) is 2.19. The predicted molar refractivity (Wildman–Crippen MR) is 112 cm³/mol. The quantitative estimate of drug-likeness (QED) is 0.655. The highest BCUT2D eigenvalue weighted by molar-refractivity contribution is 6.02. The molecule has 1 spiro atoms. The van der Waals surface area contributed by atoms with Crippen molar-refractivity contribution >= 4 is 5.71 Å². The van der Waals surface area contributed by atoms with Gasteiger partial charge in [0, 0.05) is 18.4 Å². The normalized spacial score (nSPS) is 27.9. The predicted octanol–water partition coefficient (Wildman–Crippen LogP) is 5.25. The number of rotatable bonds is 6. The van der Waals surface area contributed by atoms with Crippen molar-refractivity contribution < 1.29 is 19.0 Å². The molecule has 5 rings (SSSR count).